The second kappa shape index (κ2) is 8.26. The van der Waals surface area contributed by atoms with E-state index in [4.69, 9.17) is 4.74 Å². The zero-order chi connectivity index (χ0) is 18.6. The van der Waals surface area contributed by atoms with Gasteiger partial charge in [-0.1, -0.05) is 61.4 Å². The number of thiophene rings is 1. The van der Waals surface area contributed by atoms with Crippen LogP contribution in [0.3, 0.4) is 0 Å². The van der Waals surface area contributed by atoms with E-state index < -0.39 is 0 Å². The molecule has 3 aromatic rings. The van der Waals surface area contributed by atoms with Gasteiger partial charge in [0.1, 0.15) is 5.82 Å². The van der Waals surface area contributed by atoms with Crippen molar-refractivity contribution in [1.29, 1.82) is 0 Å². The summed E-state index contributed by atoms with van der Waals surface area (Å²) in [5.41, 5.74) is 3.93. The monoisotopic (exact) mass is 380 g/mol. The van der Waals surface area contributed by atoms with Crippen LogP contribution >= 0.6 is 11.3 Å². The van der Waals surface area contributed by atoms with Crippen molar-refractivity contribution in [2.45, 2.75) is 39.0 Å². The lowest BCUT2D eigenvalue weighted by Crippen LogP contribution is -2.18. The van der Waals surface area contributed by atoms with Gasteiger partial charge in [0.15, 0.2) is 5.06 Å². The van der Waals surface area contributed by atoms with Gasteiger partial charge in [-0.15, -0.1) is 0 Å². The van der Waals surface area contributed by atoms with E-state index in [1.807, 2.05) is 24.3 Å². The molecule has 1 aliphatic rings. The predicted octanol–water partition coefficient (Wildman–Crippen LogP) is 7.35. The normalized spacial score (nSPS) is 14.1. The Balaban J connectivity index is 1.48. The van der Waals surface area contributed by atoms with Crippen molar-refractivity contribution in [3.8, 4) is 26.6 Å². The van der Waals surface area contributed by atoms with E-state index in [0.29, 0.717) is 11.5 Å². The molecule has 0 amide bonds. The molecule has 0 N–H and O–H groups in total. The van der Waals surface area contributed by atoms with Crippen LogP contribution in [0, 0.1) is 11.7 Å². The lowest BCUT2D eigenvalue weighted by Gasteiger charge is -2.24. The van der Waals surface area contributed by atoms with Gasteiger partial charge in [0, 0.05) is 10.4 Å². The van der Waals surface area contributed by atoms with Crippen LogP contribution in [0.15, 0.2) is 54.6 Å². The van der Waals surface area contributed by atoms with Crippen molar-refractivity contribution < 1.29 is 9.13 Å². The molecule has 0 aliphatic heterocycles. The molecule has 1 aromatic heterocycles. The molecule has 0 spiro atoms. The van der Waals surface area contributed by atoms with Crippen LogP contribution in [0.5, 0.6) is 5.06 Å². The highest BCUT2D eigenvalue weighted by molar-refractivity contribution is 7.17. The van der Waals surface area contributed by atoms with Crippen LogP contribution < -0.4 is 4.74 Å². The van der Waals surface area contributed by atoms with Crippen molar-refractivity contribution in [2.75, 3.05) is 6.61 Å². The smallest absolute Gasteiger partial charge is 0.174 e. The minimum absolute atomic E-state index is 0.183. The number of hydrogen-bond donors (Lipinski definition) is 0. The summed E-state index contributed by atoms with van der Waals surface area (Å²) >= 11 is 1.52. The molecular weight excluding hydrogens is 355 g/mol. The maximum Gasteiger partial charge on any atom is 0.174 e. The largest absolute Gasteiger partial charge is 0.484 e. The SMILES string of the molecule is CCCc1ccc(-c2ccc(-c3ccc(OCC4CCC4)s3)c(F)c2)cc1. The Morgan fingerprint density at radius 3 is 2.44 bits per heavy atom. The molecule has 1 nitrogen and oxygen atoms in total. The fourth-order valence-corrected chi connectivity index (χ4v) is 4.34. The van der Waals surface area contributed by atoms with Gasteiger partial charge in [-0.3, -0.25) is 0 Å². The van der Waals surface area contributed by atoms with E-state index in [1.54, 1.807) is 6.07 Å². The van der Waals surface area contributed by atoms with Crippen LogP contribution in [0.4, 0.5) is 4.39 Å². The van der Waals surface area contributed by atoms with Gasteiger partial charge in [-0.25, -0.2) is 4.39 Å². The molecule has 0 saturated heterocycles. The average molecular weight is 381 g/mol. The van der Waals surface area contributed by atoms with Gasteiger partial charge in [0.05, 0.1) is 6.61 Å². The third kappa shape index (κ3) is 4.24. The van der Waals surface area contributed by atoms with Crippen molar-refractivity contribution in [2.24, 2.45) is 5.92 Å². The van der Waals surface area contributed by atoms with Gasteiger partial charge >= 0.3 is 0 Å². The Kier molecular flexibility index (Phi) is 5.58. The standard InChI is InChI=1S/C24H25FOS/c1-2-4-17-7-9-19(10-8-17)20-11-12-21(22(25)15-20)23-13-14-24(27-23)26-16-18-5-3-6-18/h7-15,18H,2-6,16H2,1H3. The number of hydrogen-bond acceptors (Lipinski definition) is 2. The molecule has 4 rings (SSSR count). The van der Waals surface area contributed by atoms with E-state index in [-0.39, 0.29) is 5.82 Å². The summed E-state index contributed by atoms with van der Waals surface area (Å²) in [6.07, 6.45) is 6.08. The number of ether oxygens (including phenoxy) is 1. The van der Waals surface area contributed by atoms with Gasteiger partial charge in [0.2, 0.25) is 0 Å². The molecule has 2 aromatic carbocycles. The molecule has 3 heteroatoms. The maximum atomic E-state index is 14.8. The van der Waals surface area contributed by atoms with E-state index in [0.717, 1.165) is 40.5 Å². The number of benzene rings is 2. The Bertz CT molecular complexity index is 893. The third-order valence-electron chi connectivity index (χ3n) is 5.33. The van der Waals surface area contributed by atoms with Crippen molar-refractivity contribution in [1.82, 2.24) is 0 Å². The second-order valence-corrected chi connectivity index (χ2v) is 8.41. The molecule has 1 heterocycles. The van der Waals surface area contributed by atoms with E-state index in [1.165, 1.54) is 36.2 Å². The van der Waals surface area contributed by atoms with E-state index in [2.05, 4.69) is 31.2 Å². The highest BCUT2D eigenvalue weighted by atomic mass is 32.1. The van der Waals surface area contributed by atoms with E-state index in [9.17, 15) is 4.39 Å². The maximum absolute atomic E-state index is 14.8. The molecule has 0 radical (unpaired) electrons. The first kappa shape index (κ1) is 18.2. The van der Waals surface area contributed by atoms with Crippen LogP contribution in [0.25, 0.3) is 21.6 Å². The third-order valence-corrected chi connectivity index (χ3v) is 6.36. The van der Waals surface area contributed by atoms with Crippen LogP contribution in [0.2, 0.25) is 0 Å². The zero-order valence-electron chi connectivity index (χ0n) is 15.7. The first-order valence-corrected chi connectivity index (χ1v) is 10.7. The van der Waals surface area contributed by atoms with Crippen molar-refractivity contribution in [3.05, 3.63) is 66.0 Å². The fourth-order valence-electron chi connectivity index (χ4n) is 3.45. The number of rotatable bonds is 7. The Hall–Kier alpha value is -2.13. The molecule has 1 fully saturated rings. The summed E-state index contributed by atoms with van der Waals surface area (Å²) in [7, 11) is 0. The van der Waals surface area contributed by atoms with Gasteiger partial charge in [-0.2, -0.15) is 0 Å². The van der Waals surface area contributed by atoms with Gasteiger partial charge in [-0.05, 0) is 66.1 Å². The second-order valence-electron chi connectivity index (χ2n) is 7.37. The van der Waals surface area contributed by atoms with Gasteiger partial charge < -0.3 is 4.74 Å². The molecule has 0 unspecified atom stereocenters. The highest BCUT2D eigenvalue weighted by Crippen LogP contribution is 2.37. The van der Waals surface area contributed by atoms with Crippen molar-refractivity contribution in [3.63, 3.8) is 0 Å². The molecule has 1 saturated carbocycles. The first-order chi connectivity index (χ1) is 13.2. The topological polar surface area (TPSA) is 9.23 Å². The van der Waals surface area contributed by atoms with Crippen LogP contribution in [0.1, 0.15) is 38.2 Å². The predicted molar refractivity (Wildman–Crippen MR) is 112 cm³/mol. The molecule has 0 atom stereocenters. The first-order valence-electron chi connectivity index (χ1n) is 9.85. The van der Waals surface area contributed by atoms with Crippen molar-refractivity contribution >= 4 is 11.3 Å². The Morgan fingerprint density at radius 2 is 1.78 bits per heavy atom. The zero-order valence-corrected chi connectivity index (χ0v) is 16.5. The summed E-state index contributed by atoms with van der Waals surface area (Å²) in [6.45, 7) is 2.96. The molecule has 27 heavy (non-hydrogen) atoms. The summed E-state index contributed by atoms with van der Waals surface area (Å²) in [5, 5.41) is 0.881. The summed E-state index contributed by atoms with van der Waals surface area (Å²) < 4.78 is 20.6. The minimum atomic E-state index is -0.183. The lowest BCUT2D eigenvalue weighted by atomic mass is 9.86. The minimum Gasteiger partial charge on any atom is -0.484 e. The summed E-state index contributed by atoms with van der Waals surface area (Å²) in [4.78, 5) is 0.918. The quantitative estimate of drug-likeness (QED) is 0.416. The molecule has 0 bridgehead atoms. The molecular formula is C24H25FOS. The fraction of sp³-hybridized carbons (Fsp3) is 0.333. The summed E-state index contributed by atoms with van der Waals surface area (Å²) in [6, 6.07) is 17.9. The average Bonchev–Trinajstić information content (AvgIpc) is 3.10. The van der Waals surface area contributed by atoms with Gasteiger partial charge in [0.25, 0.3) is 0 Å². The van der Waals surface area contributed by atoms with Crippen LogP contribution in [-0.2, 0) is 6.42 Å². The highest BCUT2D eigenvalue weighted by Gasteiger charge is 2.18. The van der Waals surface area contributed by atoms with E-state index >= 15 is 0 Å². The number of aryl methyl sites for hydroxylation is 1. The molecule has 1 aliphatic carbocycles. The lowest BCUT2D eigenvalue weighted by molar-refractivity contribution is 0.184. The Morgan fingerprint density at radius 1 is 1.00 bits per heavy atom. The number of halogens is 1. The summed E-state index contributed by atoms with van der Waals surface area (Å²) in [5.74, 6) is 0.521. The van der Waals surface area contributed by atoms with Crippen LogP contribution in [-0.4, -0.2) is 6.61 Å². The Labute approximate surface area is 164 Å². The molecule has 140 valence electrons.